The van der Waals surface area contributed by atoms with Crippen LogP contribution in [0.4, 0.5) is 0 Å². The Morgan fingerprint density at radius 1 is 0.931 bits per heavy atom. The standard InChI is InChI=1S/C22H23O6P/c1-6-26-29(25,18-10-8-7-9-11-18)20-14-17(27-21(23)15(2)3)12-13-19(20)28-22(24)16(4)5/h7-14H,2,4,6H2,1,3,5H3. The highest BCUT2D eigenvalue weighted by atomic mass is 31.2. The van der Waals surface area contributed by atoms with Crippen molar-refractivity contribution in [1.82, 2.24) is 0 Å². The van der Waals surface area contributed by atoms with Gasteiger partial charge in [0, 0.05) is 16.5 Å². The highest BCUT2D eigenvalue weighted by Gasteiger charge is 2.33. The normalized spacial score (nSPS) is 12.5. The molecule has 0 fully saturated rings. The van der Waals surface area contributed by atoms with Crippen molar-refractivity contribution >= 4 is 29.9 Å². The smallest absolute Gasteiger partial charge is 0.338 e. The number of benzene rings is 2. The monoisotopic (exact) mass is 414 g/mol. The van der Waals surface area contributed by atoms with Crippen LogP contribution in [0.2, 0.25) is 0 Å². The zero-order chi connectivity index (χ0) is 21.6. The lowest BCUT2D eigenvalue weighted by Gasteiger charge is -2.21. The van der Waals surface area contributed by atoms with Crippen LogP contribution in [0.5, 0.6) is 11.5 Å². The van der Waals surface area contributed by atoms with Gasteiger partial charge in [0.15, 0.2) is 0 Å². The Labute approximate surface area is 170 Å². The summed E-state index contributed by atoms with van der Waals surface area (Å²) in [5, 5.41) is 0.519. The van der Waals surface area contributed by atoms with Crippen LogP contribution >= 0.6 is 7.37 Å². The molecule has 29 heavy (non-hydrogen) atoms. The molecule has 0 bridgehead atoms. The van der Waals surface area contributed by atoms with Gasteiger partial charge >= 0.3 is 11.9 Å². The van der Waals surface area contributed by atoms with Crippen LogP contribution in [0, 0.1) is 0 Å². The molecule has 0 aliphatic rings. The van der Waals surface area contributed by atoms with E-state index >= 15 is 0 Å². The third-order valence-electron chi connectivity index (χ3n) is 3.76. The second-order valence-electron chi connectivity index (χ2n) is 6.27. The van der Waals surface area contributed by atoms with Crippen molar-refractivity contribution in [3.05, 3.63) is 72.8 Å². The molecule has 6 nitrogen and oxygen atoms in total. The van der Waals surface area contributed by atoms with Gasteiger partial charge in [0.2, 0.25) is 0 Å². The first-order valence-electron chi connectivity index (χ1n) is 8.89. The average molecular weight is 414 g/mol. The molecule has 1 unspecified atom stereocenters. The van der Waals surface area contributed by atoms with Crippen LogP contribution in [0.3, 0.4) is 0 Å². The quantitative estimate of drug-likeness (QED) is 0.282. The van der Waals surface area contributed by atoms with E-state index in [9.17, 15) is 14.2 Å². The Bertz CT molecular complexity index is 994. The Morgan fingerprint density at radius 3 is 2.07 bits per heavy atom. The van der Waals surface area contributed by atoms with Crippen molar-refractivity contribution < 1.29 is 28.2 Å². The van der Waals surface area contributed by atoms with E-state index in [-0.39, 0.29) is 34.6 Å². The van der Waals surface area contributed by atoms with Gasteiger partial charge in [-0.05, 0) is 51.1 Å². The van der Waals surface area contributed by atoms with Crippen molar-refractivity contribution in [2.75, 3.05) is 6.61 Å². The summed E-state index contributed by atoms with van der Waals surface area (Å²) >= 11 is 0. The van der Waals surface area contributed by atoms with Crippen LogP contribution in [0.1, 0.15) is 20.8 Å². The van der Waals surface area contributed by atoms with Gasteiger partial charge in [-0.15, -0.1) is 0 Å². The Morgan fingerprint density at radius 2 is 1.52 bits per heavy atom. The van der Waals surface area contributed by atoms with Gasteiger partial charge in [0.25, 0.3) is 7.37 Å². The third kappa shape index (κ3) is 5.31. The number of esters is 2. The summed E-state index contributed by atoms with van der Waals surface area (Å²) in [6.45, 7) is 12.0. The molecule has 152 valence electrons. The van der Waals surface area contributed by atoms with Gasteiger partial charge in [-0.1, -0.05) is 31.4 Å². The van der Waals surface area contributed by atoms with Crippen LogP contribution in [-0.2, 0) is 18.7 Å². The maximum Gasteiger partial charge on any atom is 0.338 e. The fraction of sp³-hybridized carbons (Fsp3) is 0.182. The van der Waals surface area contributed by atoms with E-state index in [1.54, 1.807) is 37.3 Å². The Hall–Kier alpha value is -2.95. The maximum absolute atomic E-state index is 14.0. The van der Waals surface area contributed by atoms with Gasteiger partial charge in [-0.3, -0.25) is 4.57 Å². The lowest BCUT2D eigenvalue weighted by atomic mass is 10.3. The molecule has 7 heteroatoms. The van der Waals surface area contributed by atoms with Gasteiger partial charge in [0.1, 0.15) is 11.5 Å². The molecular formula is C22H23O6P. The molecule has 0 radical (unpaired) electrons. The SMILES string of the molecule is C=C(C)C(=O)Oc1ccc(OC(=O)C(=C)C)c(P(=O)(OCC)c2ccccc2)c1. The fourth-order valence-corrected chi connectivity index (χ4v) is 4.55. The molecule has 0 saturated carbocycles. The van der Waals surface area contributed by atoms with Crippen molar-refractivity contribution in [1.29, 1.82) is 0 Å². The van der Waals surface area contributed by atoms with Gasteiger partial charge in [-0.25, -0.2) is 9.59 Å². The molecule has 2 aromatic rings. The van der Waals surface area contributed by atoms with Crippen molar-refractivity contribution in [3.63, 3.8) is 0 Å². The summed E-state index contributed by atoms with van der Waals surface area (Å²) in [5.41, 5.74) is 0.389. The summed E-state index contributed by atoms with van der Waals surface area (Å²) < 4.78 is 30.3. The molecule has 2 aromatic carbocycles. The molecule has 0 aliphatic heterocycles. The molecule has 1 atom stereocenters. The Kier molecular flexibility index (Phi) is 7.32. The molecule has 0 saturated heterocycles. The topological polar surface area (TPSA) is 78.9 Å². The second-order valence-corrected chi connectivity index (χ2v) is 8.63. The molecule has 0 N–H and O–H groups in total. The van der Waals surface area contributed by atoms with E-state index in [2.05, 4.69) is 13.2 Å². The van der Waals surface area contributed by atoms with Gasteiger partial charge in [0.05, 0.1) is 11.9 Å². The second kappa shape index (κ2) is 9.50. The summed E-state index contributed by atoms with van der Waals surface area (Å²) in [6, 6.07) is 12.8. The number of rotatable bonds is 8. The van der Waals surface area contributed by atoms with E-state index in [0.717, 1.165) is 0 Å². The zero-order valence-electron chi connectivity index (χ0n) is 16.6. The van der Waals surface area contributed by atoms with Crippen LogP contribution in [0.15, 0.2) is 72.8 Å². The number of carbonyl (C=O) groups is 2. The minimum absolute atomic E-state index is 0.0359. The molecule has 0 aliphatic carbocycles. The maximum atomic E-state index is 14.0. The summed E-state index contributed by atoms with van der Waals surface area (Å²) in [5.74, 6) is -1.14. The van der Waals surface area contributed by atoms with E-state index in [0.29, 0.717) is 5.30 Å². The highest BCUT2D eigenvalue weighted by Crippen LogP contribution is 2.48. The first kappa shape index (κ1) is 22.3. The lowest BCUT2D eigenvalue weighted by molar-refractivity contribution is -0.131. The molecule has 0 amide bonds. The summed E-state index contributed by atoms with van der Waals surface area (Å²) in [7, 11) is -3.66. The minimum atomic E-state index is -3.66. The van der Waals surface area contributed by atoms with E-state index < -0.39 is 19.3 Å². The predicted molar refractivity (Wildman–Crippen MR) is 112 cm³/mol. The number of ether oxygens (including phenoxy) is 2. The molecule has 0 heterocycles. The van der Waals surface area contributed by atoms with Crippen molar-refractivity contribution in [2.24, 2.45) is 0 Å². The van der Waals surface area contributed by atoms with Crippen molar-refractivity contribution in [3.8, 4) is 11.5 Å². The van der Waals surface area contributed by atoms with Crippen LogP contribution in [-0.4, -0.2) is 18.5 Å². The number of hydrogen-bond donors (Lipinski definition) is 0. The Balaban J connectivity index is 2.66. The first-order valence-corrected chi connectivity index (χ1v) is 10.5. The summed E-state index contributed by atoms with van der Waals surface area (Å²) in [6.07, 6.45) is 0. The lowest BCUT2D eigenvalue weighted by Crippen LogP contribution is -2.23. The average Bonchev–Trinajstić information content (AvgIpc) is 2.69. The molecule has 0 spiro atoms. The third-order valence-corrected chi connectivity index (χ3v) is 6.35. The summed E-state index contributed by atoms with van der Waals surface area (Å²) in [4.78, 5) is 24.0. The van der Waals surface area contributed by atoms with Gasteiger partial charge in [-0.2, -0.15) is 0 Å². The fourth-order valence-electron chi connectivity index (χ4n) is 2.35. The largest absolute Gasteiger partial charge is 0.423 e. The van der Waals surface area contributed by atoms with E-state index in [4.69, 9.17) is 14.0 Å². The number of carbonyl (C=O) groups excluding carboxylic acids is 2. The molecule has 2 rings (SSSR count). The van der Waals surface area contributed by atoms with E-state index in [1.807, 2.05) is 0 Å². The molecule has 0 aromatic heterocycles. The zero-order valence-corrected chi connectivity index (χ0v) is 17.5. The van der Waals surface area contributed by atoms with Gasteiger partial charge < -0.3 is 14.0 Å². The van der Waals surface area contributed by atoms with Crippen LogP contribution in [0.25, 0.3) is 0 Å². The first-order chi connectivity index (χ1) is 13.7. The number of hydrogen-bond acceptors (Lipinski definition) is 6. The van der Waals surface area contributed by atoms with E-state index in [1.165, 1.54) is 32.0 Å². The highest BCUT2D eigenvalue weighted by molar-refractivity contribution is 7.74. The minimum Gasteiger partial charge on any atom is -0.423 e. The predicted octanol–water partition coefficient (Wildman–Crippen LogP) is 3.92. The molecular weight excluding hydrogens is 391 g/mol. The van der Waals surface area contributed by atoms with Crippen molar-refractivity contribution in [2.45, 2.75) is 20.8 Å². The van der Waals surface area contributed by atoms with Crippen LogP contribution < -0.4 is 20.1 Å².